The van der Waals surface area contributed by atoms with Gasteiger partial charge in [0.05, 0.1) is 17.4 Å². The standard InChI is InChI=1S/C18H19N5O4/c1-11-5-15(25)13-4-3-12(6-16(13)27-11)22-17(26)8-23-9-20-18(21-10-24)14(23)7-19-2/h3-6,9-10,19H,7-8H2,1-2H3,(H,21,24)(H,22,26). The molecule has 0 aliphatic heterocycles. The number of anilines is 2. The van der Waals surface area contributed by atoms with Crippen LogP contribution in [-0.4, -0.2) is 28.9 Å². The maximum Gasteiger partial charge on any atom is 0.244 e. The van der Waals surface area contributed by atoms with Gasteiger partial charge in [-0.15, -0.1) is 0 Å². The van der Waals surface area contributed by atoms with Gasteiger partial charge in [0, 0.05) is 24.4 Å². The molecule has 0 aliphatic rings. The maximum atomic E-state index is 12.4. The SMILES string of the molecule is CNCc1c(NC=O)ncn1CC(=O)Nc1ccc2c(=O)cc(C)oc2c1. The minimum atomic E-state index is -0.281. The van der Waals surface area contributed by atoms with Gasteiger partial charge >= 0.3 is 0 Å². The molecule has 0 bridgehead atoms. The van der Waals surface area contributed by atoms with Gasteiger partial charge in [-0.1, -0.05) is 0 Å². The molecule has 27 heavy (non-hydrogen) atoms. The number of amides is 2. The molecular formula is C18H19N5O4. The molecule has 2 amide bonds. The lowest BCUT2D eigenvalue weighted by atomic mass is 10.2. The van der Waals surface area contributed by atoms with Crippen LogP contribution >= 0.6 is 0 Å². The van der Waals surface area contributed by atoms with E-state index in [9.17, 15) is 14.4 Å². The van der Waals surface area contributed by atoms with Crippen molar-refractivity contribution >= 4 is 34.8 Å². The fourth-order valence-corrected chi connectivity index (χ4v) is 2.78. The molecule has 3 rings (SSSR count). The highest BCUT2D eigenvalue weighted by molar-refractivity contribution is 5.93. The summed E-state index contributed by atoms with van der Waals surface area (Å²) in [6.45, 7) is 2.14. The molecule has 2 heterocycles. The molecule has 9 heteroatoms. The number of benzene rings is 1. The zero-order valence-electron chi connectivity index (χ0n) is 14.9. The van der Waals surface area contributed by atoms with E-state index in [1.165, 1.54) is 12.4 Å². The Bertz CT molecular complexity index is 1050. The van der Waals surface area contributed by atoms with Gasteiger partial charge in [0.25, 0.3) is 0 Å². The van der Waals surface area contributed by atoms with Gasteiger partial charge in [-0.25, -0.2) is 4.98 Å². The summed E-state index contributed by atoms with van der Waals surface area (Å²) in [4.78, 5) is 39.1. The molecule has 0 saturated heterocycles. The molecule has 0 unspecified atom stereocenters. The van der Waals surface area contributed by atoms with Gasteiger partial charge in [-0.3, -0.25) is 14.4 Å². The van der Waals surface area contributed by atoms with Crippen molar-refractivity contribution in [1.82, 2.24) is 14.9 Å². The first kappa shape index (κ1) is 18.3. The monoisotopic (exact) mass is 369 g/mol. The van der Waals surface area contributed by atoms with Crippen LogP contribution in [0.25, 0.3) is 11.0 Å². The van der Waals surface area contributed by atoms with Crippen LogP contribution in [0.5, 0.6) is 0 Å². The van der Waals surface area contributed by atoms with Gasteiger partial charge in [0.15, 0.2) is 11.2 Å². The lowest BCUT2D eigenvalue weighted by Crippen LogP contribution is -2.21. The minimum Gasteiger partial charge on any atom is -0.461 e. The number of imidazole rings is 1. The molecule has 3 N–H and O–H groups in total. The van der Waals surface area contributed by atoms with E-state index in [1.807, 2.05) is 0 Å². The highest BCUT2D eigenvalue weighted by Crippen LogP contribution is 2.18. The largest absolute Gasteiger partial charge is 0.461 e. The van der Waals surface area contributed by atoms with Crippen molar-refractivity contribution in [2.45, 2.75) is 20.0 Å². The molecule has 0 atom stereocenters. The van der Waals surface area contributed by atoms with Crippen LogP contribution in [0.1, 0.15) is 11.5 Å². The van der Waals surface area contributed by atoms with Crippen LogP contribution in [0, 0.1) is 6.92 Å². The molecule has 0 radical (unpaired) electrons. The summed E-state index contributed by atoms with van der Waals surface area (Å²) in [5, 5.41) is 8.71. The number of hydrogen-bond donors (Lipinski definition) is 3. The van der Waals surface area contributed by atoms with Crippen LogP contribution < -0.4 is 21.4 Å². The van der Waals surface area contributed by atoms with E-state index < -0.39 is 0 Å². The fourth-order valence-electron chi connectivity index (χ4n) is 2.78. The quantitative estimate of drug-likeness (QED) is 0.539. The summed E-state index contributed by atoms with van der Waals surface area (Å²) in [6.07, 6.45) is 2.03. The maximum absolute atomic E-state index is 12.4. The molecule has 1 aromatic carbocycles. The van der Waals surface area contributed by atoms with Crippen molar-refractivity contribution in [3.63, 3.8) is 0 Å². The van der Waals surface area contributed by atoms with Crippen molar-refractivity contribution in [1.29, 1.82) is 0 Å². The number of carbonyl (C=O) groups excluding carboxylic acids is 2. The van der Waals surface area contributed by atoms with E-state index in [0.717, 1.165) is 0 Å². The molecule has 0 saturated carbocycles. The zero-order chi connectivity index (χ0) is 19.4. The Labute approximate surface area is 154 Å². The van der Waals surface area contributed by atoms with E-state index in [0.29, 0.717) is 46.9 Å². The first-order valence-corrected chi connectivity index (χ1v) is 8.25. The average Bonchev–Trinajstić information content (AvgIpc) is 2.97. The van der Waals surface area contributed by atoms with E-state index in [-0.39, 0.29) is 17.9 Å². The minimum absolute atomic E-state index is 0.0142. The summed E-state index contributed by atoms with van der Waals surface area (Å²) in [5.74, 6) is 0.619. The van der Waals surface area contributed by atoms with E-state index in [2.05, 4.69) is 20.9 Å². The third kappa shape index (κ3) is 4.04. The predicted octanol–water partition coefficient (Wildman–Crippen LogP) is 1.22. The Kier molecular flexibility index (Phi) is 5.32. The molecule has 0 spiro atoms. The van der Waals surface area contributed by atoms with Gasteiger partial charge in [0.1, 0.15) is 17.9 Å². The first-order valence-electron chi connectivity index (χ1n) is 8.25. The highest BCUT2D eigenvalue weighted by atomic mass is 16.3. The molecule has 0 fully saturated rings. The summed E-state index contributed by atoms with van der Waals surface area (Å²) < 4.78 is 7.19. The van der Waals surface area contributed by atoms with Crippen LogP contribution in [0.3, 0.4) is 0 Å². The molecule has 0 aliphatic carbocycles. The lowest BCUT2D eigenvalue weighted by Gasteiger charge is -2.10. The van der Waals surface area contributed by atoms with Gasteiger partial charge in [-0.05, 0) is 26.1 Å². The average molecular weight is 369 g/mol. The van der Waals surface area contributed by atoms with Crippen molar-refractivity contribution in [3.05, 3.63) is 52.3 Å². The summed E-state index contributed by atoms with van der Waals surface area (Å²) in [6, 6.07) is 6.30. The molecule has 2 aromatic heterocycles. The number of carbonyl (C=O) groups is 2. The van der Waals surface area contributed by atoms with Crippen LogP contribution in [0.4, 0.5) is 11.5 Å². The summed E-state index contributed by atoms with van der Waals surface area (Å²) in [7, 11) is 1.76. The van der Waals surface area contributed by atoms with Crippen LogP contribution in [-0.2, 0) is 22.7 Å². The third-order valence-electron chi connectivity index (χ3n) is 3.94. The topological polar surface area (TPSA) is 118 Å². The zero-order valence-corrected chi connectivity index (χ0v) is 14.9. The Morgan fingerprint density at radius 2 is 2.15 bits per heavy atom. The Morgan fingerprint density at radius 3 is 2.89 bits per heavy atom. The molecular weight excluding hydrogens is 350 g/mol. The van der Waals surface area contributed by atoms with E-state index in [4.69, 9.17) is 4.42 Å². The van der Waals surface area contributed by atoms with Gasteiger partial charge in [-0.2, -0.15) is 0 Å². The smallest absolute Gasteiger partial charge is 0.244 e. The summed E-state index contributed by atoms with van der Waals surface area (Å²) in [5.41, 5.74) is 1.48. The van der Waals surface area contributed by atoms with Crippen LogP contribution in [0.2, 0.25) is 0 Å². The van der Waals surface area contributed by atoms with Gasteiger partial charge < -0.3 is 24.9 Å². The van der Waals surface area contributed by atoms with Crippen molar-refractivity contribution in [2.24, 2.45) is 0 Å². The van der Waals surface area contributed by atoms with Crippen LogP contribution in [0.15, 0.2) is 39.8 Å². The Hall–Kier alpha value is -3.46. The normalized spacial score (nSPS) is 10.7. The Balaban J connectivity index is 1.79. The highest BCUT2D eigenvalue weighted by Gasteiger charge is 2.13. The first-order chi connectivity index (χ1) is 13.0. The number of aromatic nitrogens is 2. The third-order valence-corrected chi connectivity index (χ3v) is 3.94. The number of aryl methyl sites for hydroxylation is 1. The summed E-state index contributed by atoms with van der Waals surface area (Å²) >= 11 is 0. The molecule has 9 nitrogen and oxygen atoms in total. The second-order valence-corrected chi connectivity index (χ2v) is 5.94. The molecule has 140 valence electrons. The van der Waals surface area contributed by atoms with E-state index >= 15 is 0 Å². The Morgan fingerprint density at radius 1 is 1.33 bits per heavy atom. The van der Waals surface area contributed by atoms with Crippen molar-refractivity contribution in [2.75, 3.05) is 17.7 Å². The second kappa shape index (κ2) is 7.83. The predicted molar refractivity (Wildman–Crippen MR) is 101 cm³/mol. The number of fused-ring (bicyclic) bond motifs is 1. The number of nitrogens with zero attached hydrogens (tertiary/aromatic N) is 2. The second-order valence-electron chi connectivity index (χ2n) is 5.94. The van der Waals surface area contributed by atoms with Crippen molar-refractivity contribution < 1.29 is 14.0 Å². The van der Waals surface area contributed by atoms with E-state index in [1.54, 1.807) is 36.7 Å². The van der Waals surface area contributed by atoms with Gasteiger partial charge in [0.2, 0.25) is 12.3 Å². The van der Waals surface area contributed by atoms with Crippen molar-refractivity contribution in [3.8, 4) is 0 Å². The molecule has 3 aromatic rings. The number of nitrogens with one attached hydrogen (secondary N) is 3. The lowest BCUT2D eigenvalue weighted by molar-refractivity contribution is -0.116. The number of hydrogen-bond acceptors (Lipinski definition) is 6. The fraction of sp³-hybridized carbons (Fsp3) is 0.222. The number of rotatable bonds is 7.